The number of amides is 1. The molecule has 3 rings (SSSR count). The Morgan fingerprint density at radius 1 is 1.21 bits per heavy atom. The van der Waals surface area contributed by atoms with E-state index in [0.29, 0.717) is 33.1 Å². The SMILES string of the molecule is Cc1ccc(C(C)C)c(OCC(=O)Nc2cc(C)nn2-c2ncc(Cl)cc2Cl)c1. The Morgan fingerprint density at radius 2 is 1.97 bits per heavy atom. The largest absolute Gasteiger partial charge is 0.483 e. The number of carbonyl (C=O) groups excluding carboxylic acids is 1. The van der Waals surface area contributed by atoms with Gasteiger partial charge in [-0.25, -0.2) is 4.98 Å². The van der Waals surface area contributed by atoms with E-state index in [1.807, 2.05) is 32.0 Å². The first-order valence-corrected chi connectivity index (χ1v) is 9.91. The molecule has 0 aliphatic heterocycles. The van der Waals surface area contributed by atoms with E-state index in [2.05, 4.69) is 29.2 Å². The third-order valence-corrected chi connectivity index (χ3v) is 4.72. The Bertz CT molecular complexity index is 1050. The molecule has 6 nitrogen and oxygen atoms in total. The second-order valence-electron chi connectivity index (χ2n) is 7.07. The lowest BCUT2D eigenvalue weighted by Crippen LogP contribution is -2.22. The summed E-state index contributed by atoms with van der Waals surface area (Å²) in [5, 5.41) is 7.92. The van der Waals surface area contributed by atoms with E-state index in [-0.39, 0.29) is 18.4 Å². The number of aromatic nitrogens is 3. The summed E-state index contributed by atoms with van der Waals surface area (Å²) in [7, 11) is 0. The predicted molar refractivity (Wildman–Crippen MR) is 116 cm³/mol. The lowest BCUT2D eigenvalue weighted by Gasteiger charge is -2.15. The van der Waals surface area contributed by atoms with Crippen LogP contribution in [0, 0.1) is 13.8 Å². The van der Waals surface area contributed by atoms with E-state index in [0.717, 1.165) is 11.1 Å². The highest BCUT2D eigenvalue weighted by molar-refractivity contribution is 6.35. The second kappa shape index (κ2) is 8.84. The van der Waals surface area contributed by atoms with Crippen molar-refractivity contribution in [3.05, 3.63) is 63.4 Å². The molecule has 152 valence electrons. The van der Waals surface area contributed by atoms with Gasteiger partial charge in [-0.05, 0) is 43.0 Å². The van der Waals surface area contributed by atoms with Crippen LogP contribution in [0.3, 0.4) is 0 Å². The van der Waals surface area contributed by atoms with Crippen LogP contribution in [-0.4, -0.2) is 27.3 Å². The van der Waals surface area contributed by atoms with Crippen molar-refractivity contribution in [2.75, 3.05) is 11.9 Å². The molecule has 29 heavy (non-hydrogen) atoms. The van der Waals surface area contributed by atoms with Crippen molar-refractivity contribution in [1.29, 1.82) is 0 Å². The molecule has 8 heteroatoms. The fourth-order valence-corrected chi connectivity index (χ4v) is 3.34. The zero-order chi connectivity index (χ0) is 21.1. The topological polar surface area (TPSA) is 69.0 Å². The van der Waals surface area contributed by atoms with Crippen molar-refractivity contribution in [3.63, 3.8) is 0 Å². The molecule has 0 radical (unpaired) electrons. The molecule has 2 aromatic heterocycles. The first kappa shape index (κ1) is 21.1. The van der Waals surface area contributed by atoms with E-state index in [9.17, 15) is 4.79 Å². The molecule has 0 spiro atoms. The van der Waals surface area contributed by atoms with Gasteiger partial charge in [0.05, 0.1) is 15.7 Å². The van der Waals surface area contributed by atoms with Gasteiger partial charge in [-0.15, -0.1) is 0 Å². The third-order valence-electron chi connectivity index (χ3n) is 4.24. The van der Waals surface area contributed by atoms with Crippen molar-refractivity contribution in [1.82, 2.24) is 14.8 Å². The average molecular weight is 433 g/mol. The minimum absolute atomic E-state index is 0.130. The molecule has 0 bridgehead atoms. The number of anilines is 1. The van der Waals surface area contributed by atoms with Gasteiger partial charge < -0.3 is 10.1 Å². The van der Waals surface area contributed by atoms with Crippen LogP contribution in [0.4, 0.5) is 5.82 Å². The van der Waals surface area contributed by atoms with Gasteiger partial charge >= 0.3 is 0 Å². The van der Waals surface area contributed by atoms with Crippen molar-refractivity contribution in [2.24, 2.45) is 0 Å². The summed E-state index contributed by atoms with van der Waals surface area (Å²) in [6, 6.07) is 9.31. The van der Waals surface area contributed by atoms with Crippen LogP contribution in [0.5, 0.6) is 5.75 Å². The van der Waals surface area contributed by atoms with Crippen LogP contribution in [0.25, 0.3) is 5.82 Å². The van der Waals surface area contributed by atoms with Crippen molar-refractivity contribution in [2.45, 2.75) is 33.6 Å². The molecule has 0 unspecified atom stereocenters. The smallest absolute Gasteiger partial charge is 0.263 e. The zero-order valence-corrected chi connectivity index (χ0v) is 18.2. The summed E-state index contributed by atoms with van der Waals surface area (Å²) in [6.45, 7) is 7.84. The lowest BCUT2D eigenvalue weighted by atomic mass is 10.0. The maximum Gasteiger partial charge on any atom is 0.263 e. The maximum atomic E-state index is 12.5. The van der Waals surface area contributed by atoms with Crippen LogP contribution in [0.2, 0.25) is 10.0 Å². The molecular formula is C21H22Cl2N4O2. The highest BCUT2D eigenvalue weighted by Crippen LogP contribution is 2.28. The van der Waals surface area contributed by atoms with Crippen LogP contribution >= 0.6 is 23.2 Å². The van der Waals surface area contributed by atoms with Gasteiger partial charge in [-0.3, -0.25) is 4.79 Å². The fraction of sp³-hybridized carbons (Fsp3) is 0.286. The number of rotatable bonds is 6. The van der Waals surface area contributed by atoms with Crippen LogP contribution in [-0.2, 0) is 4.79 Å². The van der Waals surface area contributed by atoms with Gasteiger partial charge in [0.2, 0.25) is 0 Å². The molecule has 1 aromatic carbocycles. The molecule has 1 N–H and O–H groups in total. The summed E-state index contributed by atoms with van der Waals surface area (Å²) in [5.41, 5.74) is 2.83. The second-order valence-corrected chi connectivity index (χ2v) is 7.92. The van der Waals surface area contributed by atoms with Crippen LogP contribution < -0.4 is 10.1 Å². The van der Waals surface area contributed by atoms with Crippen molar-refractivity contribution in [3.8, 4) is 11.6 Å². The van der Waals surface area contributed by atoms with Gasteiger partial charge in [-0.1, -0.05) is 49.2 Å². The van der Waals surface area contributed by atoms with E-state index < -0.39 is 0 Å². The normalized spacial score (nSPS) is 11.0. The first-order chi connectivity index (χ1) is 13.7. The number of hydrogen-bond donors (Lipinski definition) is 1. The molecule has 3 aromatic rings. The Balaban J connectivity index is 1.76. The van der Waals surface area contributed by atoms with Crippen molar-refractivity contribution < 1.29 is 9.53 Å². The van der Waals surface area contributed by atoms with Gasteiger partial charge in [0.1, 0.15) is 11.6 Å². The Kier molecular flexibility index (Phi) is 6.45. The van der Waals surface area contributed by atoms with E-state index in [1.54, 1.807) is 12.1 Å². The monoisotopic (exact) mass is 432 g/mol. The number of nitrogens with zero attached hydrogens (tertiary/aromatic N) is 3. The Labute approximate surface area is 179 Å². The van der Waals surface area contributed by atoms with Gasteiger partial charge in [-0.2, -0.15) is 9.78 Å². The minimum Gasteiger partial charge on any atom is -0.483 e. The quantitative estimate of drug-likeness (QED) is 0.571. The molecule has 0 saturated heterocycles. The van der Waals surface area contributed by atoms with Crippen LogP contribution in [0.1, 0.15) is 36.6 Å². The minimum atomic E-state index is -0.313. The number of ether oxygens (including phenoxy) is 1. The molecule has 0 atom stereocenters. The summed E-state index contributed by atoms with van der Waals surface area (Å²) < 4.78 is 7.27. The molecular weight excluding hydrogens is 411 g/mol. The number of aryl methyl sites for hydroxylation is 2. The fourth-order valence-electron chi connectivity index (χ4n) is 2.88. The zero-order valence-electron chi connectivity index (χ0n) is 16.7. The molecule has 0 aliphatic carbocycles. The van der Waals surface area contributed by atoms with Gasteiger partial charge in [0.15, 0.2) is 12.4 Å². The summed E-state index contributed by atoms with van der Waals surface area (Å²) in [4.78, 5) is 16.7. The number of carbonyl (C=O) groups is 1. The number of pyridine rings is 1. The molecule has 0 aliphatic rings. The Hall–Kier alpha value is -2.57. The van der Waals surface area contributed by atoms with Crippen LogP contribution in [0.15, 0.2) is 36.5 Å². The summed E-state index contributed by atoms with van der Waals surface area (Å²) >= 11 is 12.2. The number of benzene rings is 1. The number of nitrogens with one attached hydrogen (secondary N) is 1. The van der Waals surface area contributed by atoms with E-state index in [1.165, 1.54) is 10.9 Å². The van der Waals surface area contributed by atoms with Gasteiger partial charge in [0.25, 0.3) is 5.91 Å². The molecule has 0 fully saturated rings. The lowest BCUT2D eigenvalue weighted by molar-refractivity contribution is -0.118. The third kappa shape index (κ3) is 5.08. The van der Waals surface area contributed by atoms with Crippen molar-refractivity contribution >= 4 is 34.9 Å². The first-order valence-electron chi connectivity index (χ1n) is 9.16. The highest BCUT2D eigenvalue weighted by Gasteiger charge is 2.16. The Morgan fingerprint density at radius 3 is 2.66 bits per heavy atom. The average Bonchev–Trinajstić information content (AvgIpc) is 2.99. The number of hydrogen-bond acceptors (Lipinski definition) is 4. The maximum absolute atomic E-state index is 12.5. The highest BCUT2D eigenvalue weighted by atomic mass is 35.5. The van der Waals surface area contributed by atoms with Gasteiger partial charge in [0, 0.05) is 12.3 Å². The number of halogens is 2. The molecule has 0 saturated carbocycles. The predicted octanol–water partition coefficient (Wildman–Crippen LogP) is 5.33. The van der Waals surface area contributed by atoms with E-state index in [4.69, 9.17) is 27.9 Å². The summed E-state index contributed by atoms with van der Waals surface area (Å²) in [6.07, 6.45) is 1.47. The summed E-state index contributed by atoms with van der Waals surface area (Å²) in [5.74, 6) is 1.51. The standard InChI is InChI=1S/C21H22Cl2N4O2/c1-12(2)16-6-5-13(3)7-18(16)29-11-20(28)25-19-8-14(4)26-27(19)21-17(23)9-15(22)10-24-21/h5-10,12H,11H2,1-4H3,(H,25,28). The van der Waals surface area contributed by atoms with E-state index >= 15 is 0 Å². The molecule has 2 heterocycles. The molecule has 1 amide bonds.